The molecular formula is C13H18N2O3. The molecule has 1 amide bonds. The van der Waals surface area contributed by atoms with Crippen molar-refractivity contribution in [3.8, 4) is 0 Å². The van der Waals surface area contributed by atoms with Crippen LogP contribution < -0.4 is 5.73 Å². The smallest absolute Gasteiger partial charge is 0.256 e. The van der Waals surface area contributed by atoms with Crippen LogP contribution in [0.25, 0.3) is 0 Å². The van der Waals surface area contributed by atoms with E-state index in [9.17, 15) is 4.79 Å². The van der Waals surface area contributed by atoms with Gasteiger partial charge in [-0.15, -0.1) is 0 Å². The number of anilines is 1. The Morgan fingerprint density at radius 2 is 2.39 bits per heavy atom. The van der Waals surface area contributed by atoms with Crippen molar-refractivity contribution in [3.63, 3.8) is 0 Å². The largest absolute Gasteiger partial charge is 0.398 e. The van der Waals surface area contributed by atoms with E-state index in [4.69, 9.17) is 15.6 Å². The lowest BCUT2D eigenvalue weighted by Crippen LogP contribution is -2.47. The number of para-hydroxylation sites is 1. The van der Waals surface area contributed by atoms with E-state index < -0.39 is 0 Å². The topological polar surface area (TPSA) is 75.8 Å². The van der Waals surface area contributed by atoms with Gasteiger partial charge < -0.3 is 20.5 Å². The molecule has 0 bridgehead atoms. The number of nitrogen functional groups attached to an aromatic ring is 1. The molecule has 1 aliphatic heterocycles. The van der Waals surface area contributed by atoms with Gasteiger partial charge in [-0.2, -0.15) is 0 Å². The molecule has 1 aromatic rings. The summed E-state index contributed by atoms with van der Waals surface area (Å²) in [6.45, 7) is 3.18. The second kappa shape index (κ2) is 5.37. The van der Waals surface area contributed by atoms with Crippen LogP contribution in [0.2, 0.25) is 0 Å². The summed E-state index contributed by atoms with van der Waals surface area (Å²) < 4.78 is 5.32. The average molecular weight is 250 g/mol. The van der Waals surface area contributed by atoms with Crippen molar-refractivity contribution in [2.24, 2.45) is 0 Å². The first-order valence-corrected chi connectivity index (χ1v) is 6.00. The fraction of sp³-hybridized carbons (Fsp3) is 0.462. The first kappa shape index (κ1) is 12.9. The highest BCUT2D eigenvalue weighted by molar-refractivity contribution is 5.99. The molecule has 5 heteroatoms. The highest BCUT2D eigenvalue weighted by Gasteiger charge is 2.25. The SMILES string of the molecule is Cc1cccc(C(=O)N2CCOC(CO)C2)c1N. The molecule has 0 aliphatic carbocycles. The molecule has 0 radical (unpaired) electrons. The third-order valence-corrected chi connectivity index (χ3v) is 3.18. The van der Waals surface area contributed by atoms with Gasteiger partial charge in [0, 0.05) is 18.8 Å². The van der Waals surface area contributed by atoms with Crippen LogP contribution in [-0.2, 0) is 4.74 Å². The maximum absolute atomic E-state index is 12.3. The zero-order valence-corrected chi connectivity index (χ0v) is 10.4. The molecule has 0 spiro atoms. The fourth-order valence-corrected chi connectivity index (χ4v) is 2.05. The van der Waals surface area contributed by atoms with E-state index in [0.29, 0.717) is 30.9 Å². The normalized spacial score (nSPS) is 19.9. The van der Waals surface area contributed by atoms with Gasteiger partial charge in [0.25, 0.3) is 5.91 Å². The van der Waals surface area contributed by atoms with Crippen molar-refractivity contribution in [2.75, 3.05) is 32.0 Å². The van der Waals surface area contributed by atoms with E-state index in [1.165, 1.54) is 0 Å². The quantitative estimate of drug-likeness (QED) is 0.745. The monoisotopic (exact) mass is 250 g/mol. The molecule has 0 aromatic heterocycles. The number of hydrogen-bond acceptors (Lipinski definition) is 4. The number of carbonyl (C=O) groups excluding carboxylic acids is 1. The highest BCUT2D eigenvalue weighted by atomic mass is 16.5. The van der Waals surface area contributed by atoms with E-state index in [1.807, 2.05) is 19.1 Å². The van der Waals surface area contributed by atoms with E-state index in [2.05, 4.69) is 0 Å². The number of nitrogens with zero attached hydrogens (tertiary/aromatic N) is 1. The predicted octanol–water partition coefficient (Wildman–Crippen LogP) is 0.411. The minimum atomic E-state index is -0.297. The number of rotatable bonds is 2. The Balaban J connectivity index is 2.18. The number of benzene rings is 1. The Kier molecular flexibility index (Phi) is 3.84. The van der Waals surface area contributed by atoms with Crippen LogP contribution in [0.15, 0.2) is 18.2 Å². The van der Waals surface area contributed by atoms with Crippen LogP contribution in [0.4, 0.5) is 5.69 Å². The molecule has 98 valence electrons. The summed E-state index contributed by atoms with van der Waals surface area (Å²) in [5.74, 6) is -0.0991. The van der Waals surface area contributed by atoms with Crippen LogP contribution in [0.1, 0.15) is 15.9 Å². The van der Waals surface area contributed by atoms with Crippen molar-refractivity contribution in [3.05, 3.63) is 29.3 Å². The molecule has 18 heavy (non-hydrogen) atoms. The zero-order chi connectivity index (χ0) is 13.1. The molecule has 0 saturated carbocycles. The number of morpholine rings is 1. The Bertz CT molecular complexity index is 448. The van der Waals surface area contributed by atoms with Crippen molar-refractivity contribution in [1.29, 1.82) is 0 Å². The third-order valence-electron chi connectivity index (χ3n) is 3.18. The summed E-state index contributed by atoms with van der Waals surface area (Å²) in [7, 11) is 0. The number of nitrogens with two attached hydrogens (primary N) is 1. The zero-order valence-electron chi connectivity index (χ0n) is 10.4. The van der Waals surface area contributed by atoms with Crippen LogP contribution in [0, 0.1) is 6.92 Å². The van der Waals surface area contributed by atoms with Gasteiger partial charge in [-0.3, -0.25) is 4.79 Å². The number of carbonyl (C=O) groups is 1. The van der Waals surface area contributed by atoms with E-state index >= 15 is 0 Å². The molecule has 1 atom stereocenters. The summed E-state index contributed by atoms with van der Waals surface area (Å²) >= 11 is 0. The molecule has 2 rings (SSSR count). The van der Waals surface area contributed by atoms with E-state index in [-0.39, 0.29) is 18.6 Å². The van der Waals surface area contributed by atoms with Gasteiger partial charge in [0.2, 0.25) is 0 Å². The molecular weight excluding hydrogens is 232 g/mol. The van der Waals surface area contributed by atoms with Crippen LogP contribution in [0.5, 0.6) is 0 Å². The van der Waals surface area contributed by atoms with Crippen molar-refractivity contribution < 1.29 is 14.6 Å². The maximum atomic E-state index is 12.3. The van der Waals surface area contributed by atoms with Crippen LogP contribution >= 0.6 is 0 Å². The maximum Gasteiger partial charge on any atom is 0.256 e. The molecule has 1 aromatic carbocycles. The van der Waals surface area contributed by atoms with Crippen LogP contribution in [0.3, 0.4) is 0 Å². The van der Waals surface area contributed by atoms with Crippen molar-refractivity contribution >= 4 is 11.6 Å². The highest BCUT2D eigenvalue weighted by Crippen LogP contribution is 2.19. The number of hydrogen-bond donors (Lipinski definition) is 2. The number of amides is 1. The minimum Gasteiger partial charge on any atom is -0.398 e. The number of aryl methyl sites for hydroxylation is 1. The average Bonchev–Trinajstić information content (AvgIpc) is 2.41. The van der Waals surface area contributed by atoms with Crippen molar-refractivity contribution in [1.82, 2.24) is 4.90 Å². The summed E-state index contributed by atoms with van der Waals surface area (Å²) in [5, 5.41) is 9.07. The first-order chi connectivity index (χ1) is 8.63. The number of aliphatic hydroxyl groups is 1. The molecule has 1 aliphatic rings. The summed E-state index contributed by atoms with van der Waals surface area (Å²) in [5.41, 5.74) is 7.87. The number of ether oxygens (including phenoxy) is 1. The van der Waals surface area contributed by atoms with E-state index in [1.54, 1.807) is 11.0 Å². The molecule has 1 unspecified atom stereocenters. The lowest BCUT2D eigenvalue weighted by atomic mass is 10.1. The van der Waals surface area contributed by atoms with Gasteiger partial charge in [0.1, 0.15) is 0 Å². The molecule has 1 fully saturated rings. The second-order valence-corrected chi connectivity index (χ2v) is 4.46. The second-order valence-electron chi connectivity index (χ2n) is 4.46. The molecule has 1 saturated heterocycles. The first-order valence-electron chi connectivity index (χ1n) is 6.00. The summed E-state index contributed by atoms with van der Waals surface area (Å²) in [4.78, 5) is 14.0. The third kappa shape index (κ3) is 2.47. The van der Waals surface area contributed by atoms with Gasteiger partial charge >= 0.3 is 0 Å². The molecule has 1 heterocycles. The van der Waals surface area contributed by atoms with Crippen LogP contribution in [-0.4, -0.2) is 48.3 Å². The molecule has 5 nitrogen and oxygen atoms in total. The lowest BCUT2D eigenvalue weighted by Gasteiger charge is -2.32. The Morgan fingerprint density at radius 3 is 3.11 bits per heavy atom. The summed E-state index contributed by atoms with van der Waals surface area (Å²) in [6.07, 6.45) is -0.297. The number of aliphatic hydroxyl groups excluding tert-OH is 1. The Labute approximate surface area is 106 Å². The van der Waals surface area contributed by atoms with Gasteiger partial charge in [0.15, 0.2) is 0 Å². The van der Waals surface area contributed by atoms with Gasteiger partial charge in [-0.25, -0.2) is 0 Å². The van der Waals surface area contributed by atoms with Gasteiger partial charge in [0.05, 0.1) is 24.9 Å². The van der Waals surface area contributed by atoms with Gasteiger partial charge in [-0.05, 0) is 18.6 Å². The Hall–Kier alpha value is -1.59. The van der Waals surface area contributed by atoms with Gasteiger partial charge in [-0.1, -0.05) is 12.1 Å². The minimum absolute atomic E-state index is 0.0763. The van der Waals surface area contributed by atoms with Crippen molar-refractivity contribution in [2.45, 2.75) is 13.0 Å². The summed E-state index contributed by atoms with van der Waals surface area (Å²) in [6, 6.07) is 5.43. The lowest BCUT2D eigenvalue weighted by molar-refractivity contribution is -0.0447. The molecule has 3 N–H and O–H groups in total. The fourth-order valence-electron chi connectivity index (χ4n) is 2.05. The standard InChI is InChI=1S/C13H18N2O3/c1-9-3-2-4-11(12(9)14)13(17)15-5-6-18-10(7-15)8-16/h2-4,10,16H,5-8,14H2,1H3. The predicted molar refractivity (Wildman–Crippen MR) is 68.3 cm³/mol. The Morgan fingerprint density at radius 1 is 1.61 bits per heavy atom. The van der Waals surface area contributed by atoms with E-state index in [0.717, 1.165) is 5.56 Å².